The maximum atomic E-state index is 12.6. The Balaban J connectivity index is 2.23. The van der Waals surface area contributed by atoms with Gasteiger partial charge in [-0.05, 0) is 76.1 Å². The molecule has 31 heavy (non-hydrogen) atoms. The van der Waals surface area contributed by atoms with E-state index in [2.05, 4.69) is 16.8 Å². The van der Waals surface area contributed by atoms with E-state index in [1.165, 1.54) is 35.6 Å². The fourth-order valence-corrected chi connectivity index (χ4v) is 4.57. The lowest BCUT2D eigenvalue weighted by Gasteiger charge is -2.21. The molecule has 0 aliphatic carbocycles. The van der Waals surface area contributed by atoms with Gasteiger partial charge in [0.2, 0.25) is 10.0 Å². The van der Waals surface area contributed by atoms with Crippen molar-refractivity contribution in [2.75, 3.05) is 12.4 Å². The summed E-state index contributed by atoms with van der Waals surface area (Å²) in [5, 5.41) is 12.2. The molecule has 7 nitrogen and oxygen atoms in total. The van der Waals surface area contributed by atoms with E-state index >= 15 is 0 Å². The number of nitrogens with zero attached hydrogens (tertiary/aromatic N) is 3. The average Bonchev–Trinajstić information content (AvgIpc) is 2.99. The maximum absolute atomic E-state index is 12.6. The zero-order valence-corrected chi connectivity index (χ0v) is 19.7. The van der Waals surface area contributed by atoms with Crippen LogP contribution in [0, 0.1) is 25.2 Å². The third kappa shape index (κ3) is 5.43. The number of anilines is 1. The predicted molar refractivity (Wildman–Crippen MR) is 123 cm³/mol. The second-order valence-corrected chi connectivity index (χ2v) is 9.74. The number of carbonyl (C=O) groups excluding carboxylic acids is 1. The largest absolute Gasteiger partial charge is 0.349 e. The van der Waals surface area contributed by atoms with Crippen molar-refractivity contribution < 1.29 is 13.2 Å². The Bertz CT molecular complexity index is 1120. The minimum atomic E-state index is -3.60. The summed E-state index contributed by atoms with van der Waals surface area (Å²) < 4.78 is 28.6. The van der Waals surface area contributed by atoms with Gasteiger partial charge in [0.25, 0.3) is 5.91 Å². The molecular weight excluding hydrogens is 412 g/mol. The minimum Gasteiger partial charge on any atom is -0.349 e. The SMILES string of the molecule is CCCn1c(C)cc(/C=C(\C#N)C(=O)Nc2ccc(S(=O)(=O)N(C)C(C)C)cc2)c1C. The Hall–Kier alpha value is -2.89. The number of sulfonamides is 1. The molecule has 0 fully saturated rings. The Labute approximate surface area is 185 Å². The molecule has 1 aromatic heterocycles. The Morgan fingerprint density at radius 3 is 2.39 bits per heavy atom. The smallest absolute Gasteiger partial charge is 0.266 e. The van der Waals surface area contributed by atoms with Crippen LogP contribution in [0.25, 0.3) is 6.08 Å². The first-order valence-corrected chi connectivity index (χ1v) is 11.6. The molecule has 0 aliphatic heterocycles. The quantitative estimate of drug-likeness (QED) is 0.492. The number of rotatable bonds is 8. The highest BCUT2D eigenvalue weighted by molar-refractivity contribution is 7.89. The molecule has 1 heterocycles. The predicted octanol–water partition coefficient (Wildman–Crippen LogP) is 4.09. The molecule has 2 aromatic rings. The molecule has 0 aliphatic rings. The Morgan fingerprint density at radius 2 is 1.87 bits per heavy atom. The molecule has 8 heteroatoms. The zero-order valence-electron chi connectivity index (χ0n) is 18.9. The number of benzene rings is 1. The van der Waals surface area contributed by atoms with Gasteiger partial charge in [0, 0.05) is 36.7 Å². The van der Waals surface area contributed by atoms with Gasteiger partial charge in [0.05, 0.1) is 4.90 Å². The van der Waals surface area contributed by atoms with Crippen molar-refractivity contribution in [2.45, 2.75) is 58.5 Å². The van der Waals surface area contributed by atoms with Crippen molar-refractivity contribution in [3.63, 3.8) is 0 Å². The van der Waals surface area contributed by atoms with Crippen LogP contribution in [0.1, 0.15) is 44.1 Å². The van der Waals surface area contributed by atoms with Gasteiger partial charge in [0.15, 0.2) is 0 Å². The molecule has 166 valence electrons. The number of nitriles is 1. The van der Waals surface area contributed by atoms with Gasteiger partial charge in [-0.15, -0.1) is 0 Å². The van der Waals surface area contributed by atoms with Crippen LogP contribution in [-0.2, 0) is 21.4 Å². The topological polar surface area (TPSA) is 95.2 Å². The van der Waals surface area contributed by atoms with Crippen molar-refractivity contribution in [2.24, 2.45) is 0 Å². The zero-order chi connectivity index (χ0) is 23.3. The second kappa shape index (κ2) is 9.94. The van der Waals surface area contributed by atoms with Crippen LogP contribution in [0.3, 0.4) is 0 Å². The molecule has 1 aromatic carbocycles. The van der Waals surface area contributed by atoms with Gasteiger partial charge in [-0.25, -0.2) is 8.42 Å². The van der Waals surface area contributed by atoms with Crippen molar-refractivity contribution >= 4 is 27.7 Å². The molecule has 2 rings (SSSR count). The number of amides is 1. The van der Waals surface area contributed by atoms with E-state index in [9.17, 15) is 18.5 Å². The van der Waals surface area contributed by atoms with E-state index in [1.807, 2.05) is 26.0 Å². The molecule has 0 atom stereocenters. The Kier molecular flexibility index (Phi) is 7.82. The van der Waals surface area contributed by atoms with Gasteiger partial charge in [0.1, 0.15) is 11.6 Å². The first-order valence-electron chi connectivity index (χ1n) is 10.2. The summed E-state index contributed by atoms with van der Waals surface area (Å²) in [6, 6.07) is 9.66. The van der Waals surface area contributed by atoms with Gasteiger partial charge in [-0.3, -0.25) is 4.79 Å². The molecule has 0 unspecified atom stereocenters. The summed E-state index contributed by atoms with van der Waals surface area (Å²) in [7, 11) is -2.08. The number of nitrogens with one attached hydrogen (secondary N) is 1. The summed E-state index contributed by atoms with van der Waals surface area (Å²) in [6.45, 7) is 10.5. The van der Waals surface area contributed by atoms with Crippen molar-refractivity contribution in [3.05, 3.63) is 52.9 Å². The number of hydrogen-bond donors (Lipinski definition) is 1. The minimum absolute atomic E-state index is 0.0204. The summed E-state index contributed by atoms with van der Waals surface area (Å²) in [5.41, 5.74) is 3.30. The van der Waals surface area contributed by atoms with E-state index < -0.39 is 15.9 Å². The first kappa shape index (κ1) is 24.4. The molecule has 0 saturated carbocycles. The fraction of sp³-hybridized carbons (Fsp3) is 0.391. The van der Waals surface area contributed by atoms with Crippen LogP contribution in [0.5, 0.6) is 0 Å². The summed E-state index contributed by atoms with van der Waals surface area (Å²) in [5.74, 6) is -0.544. The lowest BCUT2D eigenvalue weighted by atomic mass is 10.1. The number of aromatic nitrogens is 1. The van der Waals surface area contributed by atoms with Crippen LogP contribution in [0.2, 0.25) is 0 Å². The number of hydrogen-bond acceptors (Lipinski definition) is 4. The molecule has 1 N–H and O–H groups in total. The highest BCUT2D eigenvalue weighted by Crippen LogP contribution is 2.21. The van der Waals surface area contributed by atoms with Gasteiger partial charge < -0.3 is 9.88 Å². The normalized spacial score (nSPS) is 12.3. The summed E-state index contributed by atoms with van der Waals surface area (Å²) >= 11 is 0. The molecule has 0 bridgehead atoms. The highest BCUT2D eigenvalue weighted by atomic mass is 32.2. The van der Waals surface area contributed by atoms with E-state index in [-0.39, 0.29) is 16.5 Å². The highest BCUT2D eigenvalue weighted by Gasteiger charge is 2.23. The molecular formula is C23H30N4O3S. The lowest BCUT2D eigenvalue weighted by molar-refractivity contribution is -0.112. The monoisotopic (exact) mass is 442 g/mol. The molecule has 0 radical (unpaired) electrons. The average molecular weight is 443 g/mol. The fourth-order valence-electron chi connectivity index (χ4n) is 3.20. The summed E-state index contributed by atoms with van der Waals surface area (Å²) in [4.78, 5) is 12.8. The van der Waals surface area contributed by atoms with Gasteiger partial charge >= 0.3 is 0 Å². The van der Waals surface area contributed by atoms with Crippen molar-refractivity contribution in [3.8, 4) is 6.07 Å². The molecule has 0 saturated heterocycles. The maximum Gasteiger partial charge on any atom is 0.266 e. The molecule has 0 spiro atoms. The Morgan fingerprint density at radius 1 is 1.26 bits per heavy atom. The lowest BCUT2D eigenvalue weighted by Crippen LogP contribution is -2.33. The van der Waals surface area contributed by atoms with Crippen LogP contribution in [-0.4, -0.2) is 36.3 Å². The van der Waals surface area contributed by atoms with Crippen molar-refractivity contribution in [1.82, 2.24) is 8.87 Å². The van der Waals surface area contributed by atoms with Crippen molar-refractivity contribution in [1.29, 1.82) is 5.26 Å². The van der Waals surface area contributed by atoms with Gasteiger partial charge in [-0.1, -0.05) is 6.92 Å². The van der Waals surface area contributed by atoms with Crippen LogP contribution in [0.15, 0.2) is 40.8 Å². The summed E-state index contributed by atoms with van der Waals surface area (Å²) in [6.07, 6.45) is 2.57. The van der Waals surface area contributed by atoms with Crippen LogP contribution < -0.4 is 5.32 Å². The van der Waals surface area contributed by atoms with E-state index in [4.69, 9.17) is 0 Å². The molecule has 1 amide bonds. The first-order chi connectivity index (χ1) is 14.5. The third-order valence-electron chi connectivity index (χ3n) is 5.24. The standard InChI is InChI=1S/C23H30N4O3S/c1-7-12-27-17(4)13-19(18(27)5)14-20(15-24)23(28)25-21-8-10-22(11-9-21)31(29,30)26(6)16(2)3/h8-11,13-14,16H,7,12H2,1-6H3,(H,25,28)/b20-14+. The van der Waals surface area contributed by atoms with E-state index in [0.29, 0.717) is 5.69 Å². The number of carbonyl (C=O) groups is 1. The third-order valence-corrected chi connectivity index (χ3v) is 7.29. The van der Waals surface area contributed by atoms with E-state index in [1.54, 1.807) is 19.9 Å². The van der Waals surface area contributed by atoms with E-state index in [0.717, 1.165) is 29.9 Å². The van der Waals surface area contributed by atoms with Gasteiger partial charge in [-0.2, -0.15) is 9.57 Å². The van der Waals surface area contributed by atoms with Crippen LogP contribution in [0.4, 0.5) is 5.69 Å². The van der Waals surface area contributed by atoms with Crippen LogP contribution >= 0.6 is 0 Å². The second-order valence-electron chi connectivity index (χ2n) is 7.74. The number of aryl methyl sites for hydroxylation is 1.